The van der Waals surface area contributed by atoms with Gasteiger partial charge in [-0.15, -0.1) is 11.3 Å². The van der Waals surface area contributed by atoms with Crippen molar-refractivity contribution in [1.29, 1.82) is 0 Å². The van der Waals surface area contributed by atoms with Gasteiger partial charge in [0, 0.05) is 30.4 Å². The molecule has 16 heavy (non-hydrogen) atoms. The van der Waals surface area contributed by atoms with E-state index in [2.05, 4.69) is 20.8 Å². The predicted octanol–water partition coefficient (Wildman–Crippen LogP) is 2.36. The number of nitrogens with zero attached hydrogens (tertiary/aromatic N) is 1. The van der Waals surface area contributed by atoms with E-state index in [1.54, 1.807) is 0 Å². The van der Waals surface area contributed by atoms with Gasteiger partial charge in [0.05, 0.1) is 11.4 Å². The molecule has 3 nitrogen and oxygen atoms in total. The zero-order valence-electron chi connectivity index (χ0n) is 8.74. The summed E-state index contributed by atoms with van der Waals surface area (Å²) >= 11 is 4.81. The number of piperidine rings is 1. The average Bonchev–Trinajstić information content (AvgIpc) is 2.68. The number of Topliss-reactive ketones (excluding diaryl/α,β-unsaturated/α-hetero) is 2. The van der Waals surface area contributed by atoms with Gasteiger partial charge in [-0.1, -0.05) is 0 Å². The standard InChI is InChI=1S/C11H12BrNO2S/c12-9-3-6-16-11(9)10(15)7-13-4-1-8(14)2-5-13/h3,6H,1-2,4-5,7H2. The molecule has 5 heteroatoms. The van der Waals surface area contributed by atoms with Gasteiger partial charge in [0.15, 0.2) is 5.78 Å². The molecule has 0 aliphatic carbocycles. The number of carbonyl (C=O) groups is 2. The molecule has 2 rings (SSSR count). The minimum atomic E-state index is 0.135. The largest absolute Gasteiger partial charge is 0.300 e. The van der Waals surface area contributed by atoms with E-state index in [1.807, 2.05) is 11.4 Å². The molecule has 0 atom stereocenters. The lowest BCUT2D eigenvalue weighted by molar-refractivity contribution is -0.121. The van der Waals surface area contributed by atoms with Crippen molar-refractivity contribution in [3.8, 4) is 0 Å². The summed E-state index contributed by atoms with van der Waals surface area (Å²) in [6.07, 6.45) is 1.16. The van der Waals surface area contributed by atoms with E-state index in [4.69, 9.17) is 0 Å². The Hall–Kier alpha value is -0.520. The van der Waals surface area contributed by atoms with Gasteiger partial charge >= 0.3 is 0 Å². The van der Waals surface area contributed by atoms with Crippen molar-refractivity contribution in [3.05, 3.63) is 20.8 Å². The summed E-state index contributed by atoms with van der Waals surface area (Å²) in [6.45, 7) is 1.85. The van der Waals surface area contributed by atoms with Crippen LogP contribution in [-0.4, -0.2) is 36.1 Å². The molecule has 1 aliphatic heterocycles. The van der Waals surface area contributed by atoms with E-state index in [1.165, 1.54) is 11.3 Å². The maximum atomic E-state index is 11.9. The quantitative estimate of drug-likeness (QED) is 0.804. The third-order valence-electron chi connectivity index (χ3n) is 2.65. The predicted molar refractivity (Wildman–Crippen MR) is 67.0 cm³/mol. The molecule has 0 saturated carbocycles. The Labute approximate surface area is 107 Å². The van der Waals surface area contributed by atoms with Crippen molar-refractivity contribution in [1.82, 2.24) is 4.90 Å². The van der Waals surface area contributed by atoms with Gasteiger partial charge in [0.1, 0.15) is 5.78 Å². The molecular weight excluding hydrogens is 290 g/mol. The minimum absolute atomic E-state index is 0.135. The zero-order chi connectivity index (χ0) is 11.5. The Morgan fingerprint density at radius 1 is 1.44 bits per heavy atom. The van der Waals surface area contributed by atoms with Gasteiger partial charge in [-0.3, -0.25) is 14.5 Å². The van der Waals surface area contributed by atoms with Gasteiger partial charge in [-0.25, -0.2) is 0 Å². The fourth-order valence-corrected chi connectivity index (χ4v) is 3.25. The molecule has 1 aromatic rings. The fourth-order valence-electron chi connectivity index (χ4n) is 1.73. The maximum Gasteiger partial charge on any atom is 0.187 e. The first-order valence-electron chi connectivity index (χ1n) is 5.17. The molecule has 0 N–H and O–H groups in total. The SMILES string of the molecule is O=C1CCN(CC(=O)c2sccc2Br)CC1. The molecule has 1 aromatic heterocycles. The molecule has 1 aliphatic rings. The zero-order valence-corrected chi connectivity index (χ0v) is 11.1. The van der Waals surface area contributed by atoms with Crippen LogP contribution in [0, 0.1) is 0 Å². The molecule has 0 radical (unpaired) electrons. The highest BCUT2D eigenvalue weighted by molar-refractivity contribution is 9.10. The normalized spacial score (nSPS) is 17.7. The lowest BCUT2D eigenvalue weighted by Crippen LogP contribution is -2.37. The molecule has 1 saturated heterocycles. The third kappa shape index (κ3) is 2.78. The van der Waals surface area contributed by atoms with Crippen LogP contribution in [0.25, 0.3) is 0 Å². The number of carbonyl (C=O) groups excluding carboxylic acids is 2. The minimum Gasteiger partial charge on any atom is -0.300 e. The van der Waals surface area contributed by atoms with Crippen LogP contribution in [-0.2, 0) is 4.79 Å². The Bertz CT molecular complexity index is 406. The third-order valence-corrected chi connectivity index (χ3v) is 4.53. The van der Waals surface area contributed by atoms with Crippen LogP contribution in [0.5, 0.6) is 0 Å². The Kier molecular flexibility index (Phi) is 3.89. The molecule has 2 heterocycles. The van der Waals surface area contributed by atoms with Gasteiger partial charge in [0.25, 0.3) is 0 Å². The summed E-state index contributed by atoms with van der Waals surface area (Å²) in [5, 5.41) is 1.90. The molecule has 0 unspecified atom stereocenters. The second-order valence-corrected chi connectivity index (χ2v) is 5.61. The first kappa shape index (κ1) is 12.0. The van der Waals surface area contributed by atoms with Gasteiger partial charge < -0.3 is 0 Å². The second kappa shape index (κ2) is 5.21. The van der Waals surface area contributed by atoms with Crippen LogP contribution in [0.2, 0.25) is 0 Å². The van der Waals surface area contributed by atoms with Crippen LogP contribution in [0.4, 0.5) is 0 Å². The highest BCUT2D eigenvalue weighted by atomic mass is 79.9. The van der Waals surface area contributed by atoms with Gasteiger partial charge in [-0.2, -0.15) is 0 Å². The molecule has 0 bridgehead atoms. The Morgan fingerprint density at radius 3 is 2.69 bits per heavy atom. The second-order valence-electron chi connectivity index (χ2n) is 3.84. The molecule has 0 amide bonds. The van der Waals surface area contributed by atoms with Crippen molar-refractivity contribution in [2.24, 2.45) is 0 Å². The van der Waals surface area contributed by atoms with E-state index in [0.717, 1.165) is 9.35 Å². The highest BCUT2D eigenvalue weighted by Crippen LogP contribution is 2.23. The highest BCUT2D eigenvalue weighted by Gasteiger charge is 2.20. The van der Waals surface area contributed by atoms with Gasteiger partial charge in [-0.05, 0) is 27.4 Å². The van der Waals surface area contributed by atoms with Crippen LogP contribution < -0.4 is 0 Å². The number of thiophene rings is 1. The summed E-state index contributed by atoms with van der Waals surface area (Å²) in [4.78, 5) is 25.8. The molecule has 0 spiro atoms. The Balaban J connectivity index is 1.93. The van der Waals surface area contributed by atoms with Crippen LogP contribution in [0.3, 0.4) is 0 Å². The first-order valence-corrected chi connectivity index (χ1v) is 6.84. The topological polar surface area (TPSA) is 37.4 Å². The van der Waals surface area contributed by atoms with Crippen molar-refractivity contribution in [3.63, 3.8) is 0 Å². The fraction of sp³-hybridized carbons (Fsp3) is 0.455. The smallest absolute Gasteiger partial charge is 0.187 e. The number of rotatable bonds is 3. The summed E-state index contributed by atoms with van der Waals surface area (Å²) in [7, 11) is 0. The Morgan fingerprint density at radius 2 is 2.12 bits per heavy atom. The van der Waals surface area contributed by atoms with E-state index < -0.39 is 0 Å². The van der Waals surface area contributed by atoms with E-state index in [0.29, 0.717) is 38.3 Å². The number of halogens is 1. The van der Waals surface area contributed by atoms with Crippen molar-refractivity contribution >= 4 is 38.8 Å². The average molecular weight is 302 g/mol. The van der Waals surface area contributed by atoms with Crippen molar-refractivity contribution in [2.45, 2.75) is 12.8 Å². The molecule has 0 aromatic carbocycles. The number of hydrogen-bond donors (Lipinski definition) is 0. The van der Waals surface area contributed by atoms with Crippen LogP contribution in [0.15, 0.2) is 15.9 Å². The monoisotopic (exact) mass is 301 g/mol. The van der Waals surface area contributed by atoms with E-state index in [9.17, 15) is 9.59 Å². The lowest BCUT2D eigenvalue weighted by Gasteiger charge is -2.24. The van der Waals surface area contributed by atoms with Gasteiger partial charge in [0.2, 0.25) is 0 Å². The number of likely N-dealkylation sites (tertiary alicyclic amines) is 1. The molecule has 1 fully saturated rings. The number of hydrogen-bond acceptors (Lipinski definition) is 4. The summed E-state index contributed by atoms with van der Waals surface area (Å²) in [6, 6.07) is 1.89. The lowest BCUT2D eigenvalue weighted by atomic mass is 10.1. The molecular formula is C11H12BrNO2S. The van der Waals surface area contributed by atoms with Crippen molar-refractivity contribution in [2.75, 3.05) is 19.6 Å². The van der Waals surface area contributed by atoms with Crippen LogP contribution in [0.1, 0.15) is 22.5 Å². The molecule has 86 valence electrons. The van der Waals surface area contributed by atoms with E-state index >= 15 is 0 Å². The summed E-state index contributed by atoms with van der Waals surface area (Å²) in [5.41, 5.74) is 0. The van der Waals surface area contributed by atoms with Crippen molar-refractivity contribution < 1.29 is 9.59 Å². The summed E-state index contributed by atoms with van der Waals surface area (Å²) in [5.74, 6) is 0.442. The number of ketones is 2. The first-order chi connectivity index (χ1) is 7.66. The van der Waals surface area contributed by atoms with E-state index in [-0.39, 0.29) is 5.78 Å². The van der Waals surface area contributed by atoms with Crippen LogP contribution >= 0.6 is 27.3 Å². The summed E-state index contributed by atoms with van der Waals surface area (Å²) < 4.78 is 0.871. The maximum absolute atomic E-state index is 11.9.